The lowest BCUT2D eigenvalue weighted by Crippen LogP contribution is -2.52. The van der Waals surface area contributed by atoms with Gasteiger partial charge in [0.05, 0.1) is 19.6 Å². The van der Waals surface area contributed by atoms with Gasteiger partial charge in [-0.2, -0.15) is 0 Å². The Balaban J connectivity index is 2.61. The predicted molar refractivity (Wildman–Crippen MR) is 61.3 cm³/mol. The molecule has 2 atom stereocenters. The SMILES string of the molecule is COC(=O)C1CC(NC(C)=O)CN(CCO)C1. The summed E-state index contributed by atoms with van der Waals surface area (Å²) in [5.41, 5.74) is 0. The Morgan fingerprint density at radius 2 is 2.18 bits per heavy atom. The zero-order chi connectivity index (χ0) is 12.8. The summed E-state index contributed by atoms with van der Waals surface area (Å²) in [5, 5.41) is 11.7. The second-order valence-electron chi connectivity index (χ2n) is 4.34. The molecule has 0 spiro atoms. The number of likely N-dealkylation sites (tertiary alicyclic amines) is 1. The van der Waals surface area contributed by atoms with Crippen LogP contribution in [0.25, 0.3) is 0 Å². The van der Waals surface area contributed by atoms with Gasteiger partial charge in [-0.3, -0.25) is 14.5 Å². The Kier molecular flexibility index (Phi) is 5.37. The Morgan fingerprint density at radius 1 is 1.47 bits per heavy atom. The Bertz CT molecular complexity index is 283. The molecule has 6 heteroatoms. The van der Waals surface area contributed by atoms with Crippen LogP contribution >= 0.6 is 0 Å². The van der Waals surface area contributed by atoms with Crippen molar-refractivity contribution in [2.75, 3.05) is 33.4 Å². The van der Waals surface area contributed by atoms with Gasteiger partial charge in [0.25, 0.3) is 0 Å². The van der Waals surface area contributed by atoms with Gasteiger partial charge < -0.3 is 15.2 Å². The van der Waals surface area contributed by atoms with Crippen molar-refractivity contribution >= 4 is 11.9 Å². The van der Waals surface area contributed by atoms with Crippen molar-refractivity contribution in [3.05, 3.63) is 0 Å². The lowest BCUT2D eigenvalue weighted by atomic mass is 9.94. The molecule has 1 amide bonds. The largest absolute Gasteiger partial charge is 0.469 e. The van der Waals surface area contributed by atoms with Crippen LogP contribution in [-0.4, -0.2) is 61.3 Å². The Morgan fingerprint density at radius 3 is 2.71 bits per heavy atom. The van der Waals surface area contributed by atoms with Gasteiger partial charge >= 0.3 is 5.97 Å². The van der Waals surface area contributed by atoms with Crippen molar-refractivity contribution < 1.29 is 19.4 Å². The first kappa shape index (κ1) is 13.9. The quantitative estimate of drug-likeness (QED) is 0.619. The molecule has 1 saturated heterocycles. The first-order valence-corrected chi connectivity index (χ1v) is 5.75. The topological polar surface area (TPSA) is 78.9 Å². The van der Waals surface area contributed by atoms with E-state index in [1.807, 2.05) is 4.90 Å². The fraction of sp³-hybridized carbons (Fsp3) is 0.818. The molecule has 1 fully saturated rings. The molecule has 0 aromatic heterocycles. The van der Waals surface area contributed by atoms with Crippen molar-refractivity contribution in [3.8, 4) is 0 Å². The molecule has 0 aromatic rings. The van der Waals surface area contributed by atoms with Crippen molar-refractivity contribution in [2.24, 2.45) is 5.92 Å². The molecule has 2 unspecified atom stereocenters. The van der Waals surface area contributed by atoms with E-state index in [4.69, 9.17) is 9.84 Å². The fourth-order valence-electron chi connectivity index (χ4n) is 2.24. The van der Waals surface area contributed by atoms with Gasteiger partial charge in [-0.25, -0.2) is 0 Å². The summed E-state index contributed by atoms with van der Waals surface area (Å²) in [7, 11) is 1.36. The van der Waals surface area contributed by atoms with Crippen LogP contribution < -0.4 is 5.32 Å². The van der Waals surface area contributed by atoms with Crippen LogP contribution in [-0.2, 0) is 14.3 Å². The third-order valence-corrected chi connectivity index (χ3v) is 2.88. The van der Waals surface area contributed by atoms with Crippen LogP contribution in [0, 0.1) is 5.92 Å². The van der Waals surface area contributed by atoms with Gasteiger partial charge in [-0.1, -0.05) is 0 Å². The number of hydrogen-bond donors (Lipinski definition) is 2. The number of hydrogen-bond acceptors (Lipinski definition) is 5. The maximum atomic E-state index is 11.5. The predicted octanol–water partition coefficient (Wildman–Crippen LogP) is -1.02. The van der Waals surface area contributed by atoms with E-state index in [1.165, 1.54) is 14.0 Å². The van der Waals surface area contributed by atoms with E-state index >= 15 is 0 Å². The summed E-state index contributed by atoms with van der Waals surface area (Å²) in [6, 6.07) is -0.0584. The third-order valence-electron chi connectivity index (χ3n) is 2.88. The molecular weight excluding hydrogens is 224 g/mol. The minimum absolute atomic E-state index is 0.0423. The van der Waals surface area contributed by atoms with E-state index in [9.17, 15) is 9.59 Å². The van der Waals surface area contributed by atoms with Gasteiger partial charge in [0, 0.05) is 32.6 Å². The van der Waals surface area contributed by atoms with E-state index in [-0.39, 0.29) is 30.4 Å². The van der Waals surface area contributed by atoms with Crippen LogP contribution in [0.1, 0.15) is 13.3 Å². The summed E-state index contributed by atoms with van der Waals surface area (Å²) in [4.78, 5) is 24.5. The number of ether oxygens (including phenoxy) is 1. The van der Waals surface area contributed by atoms with Crippen molar-refractivity contribution in [1.82, 2.24) is 10.2 Å². The molecular formula is C11H20N2O4. The fourth-order valence-corrected chi connectivity index (χ4v) is 2.24. The normalized spacial score (nSPS) is 25.4. The lowest BCUT2D eigenvalue weighted by Gasteiger charge is -2.36. The Labute approximate surface area is 101 Å². The van der Waals surface area contributed by atoms with E-state index in [0.717, 1.165) is 0 Å². The highest BCUT2D eigenvalue weighted by Crippen LogP contribution is 2.18. The maximum absolute atomic E-state index is 11.5. The molecule has 0 bridgehead atoms. The number of methoxy groups -OCH3 is 1. The smallest absolute Gasteiger partial charge is 0.310 e. The zero-order valence-corrected chi connectivity index (χ0v) is 10.3. The second-order valence-corrected chi connectivity index (χ2v) is 4.34. The monoisotopic (exact) mass is 244 g/mol. The molecule has 1 rings (SSSR count). The molecule has 17 heavy (non-hydrogen) atoms. The summed E-state index contributed by atoms with van der Waals surface area (Å²) in [6.07, 6.45) is 0.591. The van der Waals surface area contributed by atoms with Crippen molar-refractivity contribution in [2.45, 2.75) is 19.4 Å². The number of aliphatic hydroxyl groups excluding tert-OH is 1. The number of carbonyl (C=O) groups excluding carboxylic acids is 2. The number of β-amino-alcohol motifs (C(OH)–C–C–N with tert-alkyl or cyclic N) is 1. The van der Waals surface area contributed by atoms with E-state index in [0.29, 0.717) is 26.1 Å². The summed E-state index contributed by atoms with van der Waals surface area (Å²) in [6.45, 7) is 3.24. The molecule has 1 heterocycles. The standard InChI is InChI=1S/C11H20N2O4/c1-8(15)12-10-5-9(11(16)17-2)6-13(7-10)3-4-14/h9-10,14H,3-7H2,1-2H3,(H,12,15). The molecule has 98 valence electrons. The number of carbonyl (C=O) groups is 2. The number of piperidine rings is 1. The molecule has 1 aliphatic rings. The van der Waals surface area contributed by atoms with Crippen molar-refractivity contribution in [1.29, 1.82) is 0 Å². The van der Waals surface area contributed by atoms with Crippen LogP contribution in [0.5, 0.6) is 0 Å². The number of esters is 1. The number of aliphatic hydroxyl groups is 1. The Hall–Kier alpha value is -1.14. The van der Waals surface area contributed by atoms with Gasteiger partial charge in [0.2, 0.25) is 5.91 Å². The minimum atomic E-state index is -0.261. The second kappa shape index (κ2) is 6.56. The molecule has 2 N–H and O–H groups in total. The maximum Gasteiger partial charge on any atom is 0.310 e. The number of nitrogens with zero attached hydrogens (tertiary/aromatic N) is 1. The van der Waals surface area contributed by atoms with Crippen molar-refractivity contribution in [3.63, 3.8) is 0 Å². The number of amides is 1. The molecule has 6 nitrogen and oxygen atoms in total. The first-order valence-electron chi connectivity index (χ1n) is 5.75. The van der Waals surface area contributed by atoms with Gasteiger partial charge in [-0.15, -0.1) is 0 Å². The third kappa shape index (κ3) is 4.32. The number of rotatable bonds is 4. The minimum Gasteiger partial charge on any atom is -0.469 e. The van der Waals surface area contributed by atoms with E-state index in [1.54, 1.807) is 0 Å². The van der Waals surface area contributed by atoms with Gasteiger partial charge in [0.15, 0.2) is 0 Å². The average Bonchev–Trinajstić information content (AvgIpc) is 2.27. The average molecular weight is 244 g/mol. The molecule has 1 aliphatic heterocycles. The molecule has 0 saturated carbocycles. The van der Waals surface area contributed by atoms with Crippen LogP contribution in [0.4, 0.5) is 0 Å². The van der Waals surface area contributed by atoms with Crippen LogP contribution in [0.3, 0.4) is 0 Å². The summed E-state index contributed by atoms with van der Waals surface area (Å²) < 4.78 is 4.73. The number of nitrogens with one attached hydrogen (secondary N) is 1. The van der Waals surface area contributed by atoms with Gasteiger partial charge in [0.1, 0.15) is 0 Å². The summed E-state index contributed by atoms with van der Waals surface area (Å²) >= 11 is 0. The van der Waals surface area contributed by atoms with Crippen LogP contribution in [0.15, 0.2) is 0 Å². The first-order chi connectivity index (χ1) is 8.06. The molecule has 0 aliphatic carbocycles. The van der Waals surface area contributed by atoms with Crippen LogP contribution in [0.2, 0.25) is 0 Å². The molecule has 0 aromatic carbocycles. The highest BCUT2D eigenvalue weighted by molar-refractivity contribution is 5.74. The zero-order valence-electron chi connectivity index (χ0n) is 10.3. The van der Waals surface area contributed by atoms with E-state index in [2.05, 4.69) is 5.32 Å². The molecule has 0 radical (unpaired) electrons. The highest BCUT2D eigenvalue weighted by atomic mass is 16.5. The highest BCUT2D eigenvalue weighted by Gasteiger charge is 2.32. The van der Waals surface area contributed by atoms with E-state index < -0.39 is 0 Å². The lowest BCUT2D eigenvalue weighted by molar-refractivity contribution is -0.148. The van der Waals surface area contributed by atoms with Gasteiger partial charge in [-0.05, 0) is 6.42 Å². The summed E-state index contributed by atoms with van der Waals surface area (Å²) in [5.74, 6) is -0.607.